The summed E-state index contributed by atoms with van der Waals surface area (Å²) in [5.41, 5.74) is 7.38. The number of thiophene rings is 1. The summed E-state index contributed by atoms with van der Waals surface area (Å²) in [6, 6.07) is 12.2. The van der Waals surface area contributed by atoms with E-state index in [9.17, 15) is 9.59 Å². The van der Waals surface area contributed by atoms with Gasteiger partial charge in [0.15, 0.2) is 0 Å². The van der Waals surface area contributed by atoms with Crippen molar-refractivity contribution in [1.82, 2.24) is 14.8 Å². The first kappa shape index (κ1) is 23.9. The van der Waals surface area contributed by atoms with Crippen molar-refractivity contribution in [2.24, 2.45) is 23.5 Å². The molecule has 0 spiro atoms. The predicted molar refractivity (Wildman–Crippen MR) is 148 cm³/mol. The summed E-state index contributed by atoms with van der Waals surface area (Å²) in [5.74, 6) is 0.919. The zero-order chi connectivity index (χ0) is 25.7. The lowest BCUT2D eigenvalue weighted by Gasteiger charge is -2.27. The summed E-state index contributed by atoms with van der Waals surface area (Å²) in [6.07, 6.45) is 8.10. The van der Waals surface area contributed by atoms with Crippen molar-refractivity contribution in [1.29, 1.82) is 0 Å². The van der Waals surface area contributed by atoms with Crippen LogP contribution in [0.3, 0.4) is 0 Å². The molecule has 3 aromatic rings. The molecule has 1 saturated heterocycles. The number of likely N-dealkylation sites (tertiary alicyclic amines) is 1. The highest BCUT2D eigenvalue weighted by atomic mass is 32.1. The number of likely N-dealkylation sites (N-methyl/N-ethyl adjacent to an activating group) is 1. The summed E-state index contributed by atoms with van der Waals surface area (Å²) >= 11 is 1.64. The second-order valence-electron chi connectivity index (χ2n) is 10.6. The Bertz CT molecular complexity index is 1370. The minimum atomic E-state index is -0.252. The molecular formula is C28H32N6O2S. The smallest absolute Gasteiger partial charge is 0.253 e. The van der Waals surface area contributed by atoms with Crippen molar-refractivity contribution in [2.45, 2.75) is 24.9 Å². The first-order valence-corrected chi connectivity index (χ1v) is 13.6. The molecule has 192 valence electrons. The highest BCUT2D eigenvalue weighted by Crippen LogP contribution is 2.45. The van der Waals surface area contributed by atoms with Crippen LogP contribution in [0.4, 0.5) is 16.5 Å². The average molecular weight is 517 g/mol. The molecule has 5 atom stereocenters. The number of carbonyl (C=O) groups is 2. The number of allylic oxidation sites excluding steroid dienone is 1. The molecule has 8 nitrogen and oxygen atoms in total. The van der Waals surface area contributed by atoms with Crippen LogP contribution in [-0.4, -0.2) is 65.9 Å². The molecule has 2 bridgehead atoms. The van der Waals surface area contributed by atoms with E-state index >= 15 is 0 Å². The average Bonchev–Trinajstić information content (AvgIpc) is 3.67. The Morgan fingerprint density at radius 2 is 1.92 bits per heavy atom. The van der Waals surface area contributed by atoms with Gasteiger partial charge in [0.25, 0.3) is 5.91 Å². The molecule has 4 N–H and O–H groups in total. The Labute approximate surface area is 220 Å². The minimum absolute atomic E-state index is 0.0318. The van der Waals surface area contributed by atoms with Crippen LogP contribution in [0, 0.1) is 17.8 Å². The van der Waals surface area contributed by atoms with Gasteiger partial charge in [-0.1, -0.05) is 12.2 Å². The Hall–Kier alpha value is -3.43. The number of rotatable bonds is 7. The molecule has 3 aliphatic rings. The number of amides is 2. The number of nitrogens with one attached hydrogen (secondary N) is 2. The van der Waals surface area contributed by atoms with Crippen LogP contribution >= 0.6 is 11.3 Å². The summed E-state index contributed by atoms with van der Waals surface area (Å²) in [5, 5.41) is 9.02. The van der Waals surface area contributed by atoms with Crippen molar-refractivity contribution in [2.75, 3.05) is 37.8 Å². The number of fused-ring (bicyclic) bond motifs is 3. The molecule has 9 heteroatoms. The summed E-state index contributed by atoms with van der Waals surface area (Å²) < 4.78 is 1.10. The van der Waals surface area contributed by atoms with E-state index in [-0.39, 0.29) is 29.7 Å². The lowest BCUT2D eigenvalue weighted by molar-refractivity contribution is -0.122. The second-order valence-corrected chi connectivity index (χ2v) is 11.7. The van der Waals surface area contributed by atoms with E-state index < -0.39 is 0 Å². The molecule has 1 saturated carbocycles. The van der Waals surface area contributed by atoms with Gasteiger partial charge >= 0.3 is 0 Å². The lowest BCUT2D eigenvalue weighted by atomic mass is 9.88. The van der Waals surface area contributed by atoms with Crippen molar-refractivity contribution in [3.05, 3.63) is 60.3 Å². The van der Waals surface area contributed by atoms with Gasteiger partial charge in [0, 0.05) is 52.7 Å². The van der Waals surface area contributed by atoms with Crippen LogP contribution in [0.1, 0.15) is 23.2 Å². The van der Waals surface area contributed by atoms with Crippen molar-refractivity contribution in [3.63, 3.8) is 0 Å². The van der Waals surface area contributed by atoms with Crippen LogP contribution < -0.4 is 16.4 Å². The van der Waals surface area contributed by atoms with Gasteiger partial charge in [0.1, 0.15) is 5.82 Å². The van der Waals surface area contributed by atoms with E-state index in [1.165, 1.54) is 0 Å². The molecule has 1 aromatic carbocycles. The molecule has 4 unspecified atom stereocenters. The standard InChI is InChI=1S/C28H32N6O2S/c1-33(2)20-10-12-34(15-20)28(36)16-5-7-19(8-6-16)31-23-14-21-22(37-23)9-11-30-27(21)32-25-18-4-3-17(13-18)24(25)26(29)35/h3-9,11,14,17-18,20,24-25,31H,10,12-13,15H2,1-2H3,(H2,29,35)(H,30,32)/t17?,18?,20-,24?,25?/m1/s1. The van der Waals surface area contributed by atoms with Crippen molar-refractivity contribution < 1.29 is 9.59 Å². The van der Waals surface area contributed by atoms with Crippen LogP contribution in [0.25, 0.3) is 10.1 Å². The molecule has 6 rings (SSSR count). The zero-order valence-corrected chi connectivity index (χ0v) is 21.9. The maximum atomic E-state index is 12.9. The first-order valence-electron chi connectivity index (χ1n) is 12.8. The minimum Gasteiger partial charge on any atom is -0.369 e. The third-order valence-corrected chi connectivity index (χ3v) is 9.13. The third-order valence-electron chi connectivity index (χ3n) is 8.12. The number of aromatic nitrogens is 1. The molecule has 37 heavy (non-hydrogen) atoms. The second kappa shape index (κ2) is 9.46. The van der Waals surface area contributed by atoms with E-state index in [4.69, 9.17) is 5.73 Å². The molecular weight excluding hydrogens is 484 g/mol. The quantitative estimate of drug-likeness (QED) is 0.412. The normalized spacial score (nSPS) is 26.4. The maximum absolute atomic E-state index is 12.9. The topological polar surface area (TPSA) is 104 Å². The number of benzene rings is 1. The number of hydrogen-bond acceptors (Lipinski definition) is 7. The molecule has 2 aromatic heterocycles. The monoisotopic (exact) mass is 516 g/mol. The highest BCUT2D eigenvalue weighted by molar-refractivity contribution is 7.22. The van der Waals surface area contributed by atoms with Crippen LogP contribution in [0.5, 0.6) is 0 Å². The van der Waals surface area contributed by atoms with Crippen LogP contribution in [0.2, 0.25) is 0 Å². The summed E-state index contributed by atoms with van der Waals surface area (Å²) in [6.45, 7) is 1.57. The maximum Gasteiger partial charge on any atom is 0.253 e. The van der Waals surface area contributed by atoms with Crippen LogP contribution in [-0.2, 0) is 4.79 Å². The van der Waals surface area contributed by atoms with Gasteiger partial charge in [0.05, 0.1) is 10.9 Å². The molecule has 3 heterocycles. The van der Waals surface area contributed by atoms with Gasteiger partial charge in [-0.2, -0.15) is 0 Å². The molecule has 2 aliphatic carbocycles. The molecule has 1 aliphatic heterocycles. The number of carbonyl (C=O) groups excluding carboxylic acids is 2. The molecule has 0 radical (unpaired) electrons. The van der Waals surface area contributed by atoms with Crippen molar-refractivity contribution >= 4 is 49.7 Å². The Balaban J connectivity index is 1.16. The number of nitrogens with two attached hydrogens (primary N) is 1. The SMILES string of the molecule is CN(C)[C@@H]1CCN(C(=O)c2ccc(Nc3cc4c(NC5C6C=CC(C6)C5C(N)=O)nccc4s3)cc2)C1. The number of pyridine rings is 1. The molecule has 2 fully saturated rings. The first-order chi connectivity index (χ1) is 17.9. The van der Waals surface area contributed by atoms with Gasteiger partial charge in [0.2, 0.25) is 5.91 Å². The van der Waals surface area contributed by atoms with Crippen LogP contribution in [0.15, 0.2) is 54.7 Å². The molecule has 2 amide bonds. The Kier molecular flexibility index (Phi) is 6.12. The van der Waals surface area contributed by atoms with Crippen molar-refractivity contribution in [3.8, 4) is 0 Å². The third kappa shape index (κ3) is 4.46. The predicted octanol–water partition coefficient (Wildman–Crippen LogP) is 3.90. The van der Waals surface area contributed by atoms with E-state index in [0.29, 0.717) is 17.5 Å². The Morgan fingerprint density at radius 3 is 2.65 bits per heavy atom. The zero-order valence-electron chi connectivity index (χ0n) is 21.1. The van der Waals surface area contributed by atoms with E-state index in [1.807, 2.05) is 35.2 Å². The number of primary amides is 1. The summed E-state index contributed by atoms with van der Waals surface area (Å²) in [7, 11) is 4.13. The number of anilines is 3. The highest BCUT2D eigenvalue weighted by Gasteiger charge is 2.47. The van der Waals surface area contributed by atoms with E-state index in [0.717, 1.165) is 52.5 Å². The number of hydrogen-bond donors (Lipinski definition) is 3. The van der Waals surface area contributed by atoms with Gasteiger partial charge in [-0.15, -0.1) is 11.3 Å². The fraction of sp³-hybridized carbons (Fsp3) is 0.393. The summed E-state index contributed by atoms with van der Waals surface area (Å²) in [4.78, 5) is 33.8. The van der Waals surface area contributed by atoms with Gasteiger partial charge in [-0.3, -0.25) is 9.59 Å². The van der Waals surface area contributed by atoms with Gasteiger partial charge in [-0.25, -0.2) is 4.98 Å². The largest absolute Gasteiger partial charge is 0.369 e. The fourth-order valence-corrected chi connectivity index (χ4v) is 7.05. The van der Waals surface area contributed by atoms with Gasteiger partial charge < -0.3 is 26.2 Å². The van der Waals surface area contributed by atoms with E-state index in [1.54, 1.807) is 17.5 Å². The van der Waals surface area contributed by atoms with Gasteiger partial charge in [-0.05, 0) is 75.2 Å². The fourth-order valence-electron chi connectivity index (χ4n) is 6.07. The number of nitrogens with zero attached hydrogens (tertiary/aromatic N) is 3. The Morgan fingerprint density at radius 1 is 1.14 bits per heavy atom. The lowest BCUT2D eigenvalue weighted by Crippen LogP contribution is -2.41. The van der Waals surface area contributed by atoms with E-state index in [2.05, 4.69) is 52.8 Å².